The molecule has 2 N–H and O–H groups in total. The van der Waals surface area contributed by atoms with Gasteiger partial charge in [-0.25, -0.2) is 0 Å². The number of hydrogen-bond donors (Lipinski definition) is 2. The molecule has 5 heteroatoms. The van der Waals surface area contributed by atoms with Crippen LogP contribution in [0.1, 0.15) is 28.4 Å². The van der Waals surface area contributed by atoms with Gasteiger partial charge in [0.1, 0.15) is 5.75 Å². The van der Waals surface area contributed by atoms with E-state index in [0.717, 1.165) is 11.3 Å². The van der Waals surface area contributed by atoms with Crippen molar-refractivity contribution in [1.29, 1.82) is 5.26 Å². The number of aliphatic hydroxyl groups is 1. The lowest BCUT2D eigenvalue weighted by Crippen LogP contribution is -2.42. The zero-order chi connectivity index (χ0) is 17.6. The van der Waals surface area contributed by atoms with Crippen molar-refractivity contribution in [3.8, 4) is 11.8 Å². The van der Waals surface area contributed by atoms with Crippen LogP contribution in [0.25, 0.3) is 0 Å². The summed E-state index contributed by atoms with van der Waals surface area (Å²) in [7, 11) is 1.60. The Labute approximate surface area is 141 Å². The Balaban J connectivity index is 1.92. The van der Waals surface area contributed by atoms with E-state index in [-0.39, 0.29) is 12.5 Å². The SMILES string of the molecule is COc1ccc(CC(C)(O)CNC(=O)c2ccc(C#N)cc2)cc1. The summed E-state index contributed by atoms with van der Waals surface area (Å²) < 4.78 is 5.10. The summed E-state index contributed by atoms with van der Waals surface area (Å²) in [5.74, 6) is 0.474. The number of nitrogens with one attached hydrogen (secondary N) is 1. The molecule has 124 valence electrons. The molecule has 2 aromatic rings. The Kier molecular flexibility index (Phi) is 5.56. The fourth-order valence-electron chi connectivity index (χ4n) is 2.31. The van der Waals surface area contributed by atoms with E-state index in [0.29, 0.717) is 17.5 Å². The van der Waals surface area contributed by atoms with Crippen LogP contribution in [0.3, 0.4) is 0 Å². The molecule has 0 spiro atoms. The van der Waals surface area contributed by atoms with Crippen LogP contribution in [-0.2, 0) is 6.42 Å². The van der Waals surface area contributed by atoms with Crippen molar-refractivity contribution in [1.82, 2.24) is 5.32 Å². The Morgan fingerprint density at radius 2 is 1.83 bits per heavy atom. The lowest BCUT2D eigenvalue weighted by Gasteiger charge is -2.24. The van der Waals surface area contributed by atoms with Crippen LogP contribution in [0.2, 0.25) is 0 Å². The zero-order valence-corrected chi connectivity index (χ0v) is 13.7. The van der Waals surface area contributed by atoms with Crippen LogP contribution in [-0.4, -0.2) is 30.3 Å². The van der Waals surface area contributed by atoms with Gasteiger partial charge in [0.15, 0.2) is 0 Å². The number of nitrogens with zero attached hydrogens (tertiary/aromatic N) is 1. The summed E-state index contributed by atoms with van der Waals surface area (Å²) in [4.78, 5) is 12.1. The number of carbonyl (C=O) groups is 1. The molecule has 1 atom stereocenters. The van der Waals surface area contributed by atoms with Crippen molar-refractivity contribution in [2.24, 2.45) is 0 Å². The molecule has 0 aliphatic heterocycles. The average Bonchev–Trinajstić information content (AvgIpc) is 2.60. The molecule has 5 nitrogen and oxygen atoms in total. The van der Waals surface area contributed by atoms with Crippen molar-refractivity contribution in [3.05, 3.63) is 65.2 Å². The number of methoxy groups -OCH3 is 1. The Bertz CT molecular complexity index is 729. The second kappa shape index (κ2) is 7.62. The lowest BCUT2D eigenvalue weighted by atomic mass is 9.96. The van der Waals surface area contributed by atoms with Crippen LogP contribution >= 0.6 is 0 Å². The Morgan fingerprint density at radius 1 is 1.21 bits per heavy atom. The molecule has 0 aromatic heterocycles. The second-order valence-electron chi connectivity index (χ2n) is 5.89. The first-order valence-corrected chi connectivity index (χ1v) is 7.57. The van der Waals surface area contributed by atoms with E-state index in [1.54, 1.807) is 38.3 Å². The summed E-state index contributed by atoms with van der Waals surface area (Å²) in [5.41, 5.74) is 0.831. The molecule has 0 saturated carbocycles. The maximum Gasteiger partial charge on any atom is 0.251 e. The van der Waals surface area contributed by atoms with Crippen LogP contribution in [0.5, 0.6) is 5.75 Å². The van der Waals surface area contributed by atoms with E-state index in [2.05, 4.69) is 5.32 Å². The first-order chi connectivity index (χ1) is 11.4. The van der Waals surface area contributed by atoms with Crippen molar-refractivity contribution >= 4 is 5.91 Å². The molecule has 1 unspecified atom stereocenters. The molecule has 1 amide bonds. The molecular formula is C19H20N2O3. The predicted octanol–water partition coefficient (Wildman–Crippen LogP) is 2.29. The maximum absolute atomic E-state index is 12.1. The highest BCUT2D eigenvalue weighted by atomic mass is 16.5. The standard InChI is InChI=1S/C19H20N2O3/c1-19(23,11-14-5-9-17(24-2)10-6-14)13-21-18(22)16-7-3-15(12-20)4-8-16/h3-10,23H,11,13H2,1-2H3,(H,21,22). The summed E-state index contributed by atoms with van der Waals surface area (Å²) in [6, 6.07) is 15.8. The van der Waals surface area contributed by atoms with Gasteiger partial charge in [-0.2, -0.15) is 5.26 Å². The normalized spacial score (nSPS) is 12.8. The fraction of sp³-hybridized carbons (Fsp3) is 0.263. The van der Waals surface area contributed by atoms with Crippen molar-refractivity contribution in [2.75, 3.05) is 13.7 Å². The molecule has 2 aromatic carbocycles. The van der Waals surface area contributed by atoms with Crippen molar-refractivity contribution in [2.45, 2.75) is 18.9 Å². The fourth-order valence-corrected chi connectivity index (χ4v) is 2.31. The number of rotatable bonds is 6. The minimum Gasteiger partial charge on any atom is -0.497 e. The van der Waals surface area contributed by atoms with Gasteiger partial charge in [0.25, 0.3) is 5.91 Å². The molecule has 2 rings (SSSR count). The summed E-state index contributed by atoms with van der Waals surface area (Å²) >= 11 is 0. The van der Waals surface area contributed by atoms with Crippen LogP contribution in [0, 0.1) is 11.3 Å². The first kappa shape index (κ1) is 17.5. The van der Waals surface area contributed by atoms with Gasteiger partial charge in [-0.3, -0.25) is 4.79 Å². The lowest BCUT2D eigenvalue weighted by molar-refractivity contribution is 0.0552. The van der Waals surface area contributed by atoms with Gasteiger partial charge in [0.05, 0.1) is 24.3 Å². The van der Waals surface area contributed by atoms with Gasteiger partial charge < -0.3 is 15.2 Å². The quantitative estimate of drug-likeness (QED) is 0.854. The van der Waals surface area contributed by atoms with E-state index < -0.39 is 5.60 Å². The molecule has 0 aliphatic rings. The van der Waals surface area contributed by atoms with Gasteiger partial charge in [-0.05, 0) is 48.9 Å². The predicted molar refractivity (Wildman–Crippen MR) is 90.8 cm³/mol. The zero-order valence-electron chi connectivity index (χ0n) is 13.7. The minimum atomic E-state index is -1.07. The van der Waals surface area contributed by atoms with E-state index in [1.165, 1.54) is 0 Å². The third-order valence-corrected chi connectivity index (χ3v) is 3.65. The number of benzene rings is 2. The molecule has 0 aliphatic carbocycles. The highest BCUT2D eigenvalue weighted by molar-refractivity contribution is 5.94. The van der Waals surface area contributed by atoms with Crippen molar-refractivity contribution < 1.29 is 14.6 Å². The van der Waals surface area contributed by atoms with Gasteiger partial charge >= 0.3 is 0 Å². The van der Waals surface area contributed by atoms with E-state index in [1.807, 2.05) is 30.3 Å². The molecular weight excluding hydrogens is 304 g/mol. The summed E-state index contributed by atoms with van der Waals surface area (Å²) in [6.45, 7) is 1.80. The molecule has 0 bridgehead atoms. The van der Waals surface area contributed by atoms with E-state index >= 15 is 0 Å². The molecule has 0 fully saturated rings. The molecule has 0 heterocycles. The average molecular weight is 324 g/mol. The molecule has 24 heavy (non-hydrogen) atoms. The number of nitriles is 1. The molecule has 0 saturated heterocycles. The van der Waals surface area contributed by atoms with Crippen LogP contribution in [0.4, 0.5) is 0 Å². The van der Waals surface area contributed by atoms with Crippen LogP contribution in [0.15, 0.2) is 48.5 Å². The summed E-state index contributed by atoms with van der Waals surface area (Å²) in [6.07, 6.45) is 0.407. The van der Waals surface area contributed by atoms with E-state index in [9.17, 15) is 9.90 Å². The van der Waals surface area contributed by atoms with Gasteiger partial charge in [-0.1, -0.05) is 12.1 Å². The highest BCUT2D eigenvalue weighted by Gasteiger charge is 2.22. The topological polar surface area (TPSA) is 82.3 Å². The number of ether oxygens (including phenoxy) is 1. The Morgan fingerprint density at radius 3 is 2.38 bits per heavy atom. The smallest absolute Gasteiger partial charge is 0.251 e. The van der Waals surface area contributed by atoms with Gasteiger partial charge in [-0.15, -0.1) is 0 Å². The number of carbonyl (C=O) groups excluding carboxylic acids is 1. The number of hydrogen-bond acceptors (Lipinski definition) is 4. The maximum atomic E-state index is 12.1. The van der Waals surface area contributed by atoms with E-state index in [4.69, 9.17) is 10.00 Å². The third kappa shape index (κ3) is 4.83. The highest BCUT2D eigenvalue weighted by Crippen LogP contribution is 2.17. The first-order valence-electron chi connectivity index (χ1n) is 7.57. The van der Waals surface area contributed by atoms with Crippen LogP contribution < -0.4 is 10.1 Å². The largest absolute Gasteiger partial charge is 0.497 e. The van der Waals surface area contributed by atoms with Gasteiger partial charge in [0.2, 0.25) is 0 Å². The number of amides is 1. The Hall–Kier alpha value is -2.84. The third-order valence-electron chi connectivity index (χ3n) is 3.65. The monoisotopic (exact) mass is 324 g/mol. The second-order valence-corrected chi connectivity index (χ2v) is 5.89. The summed E-state index contributed by atoms with van der Waals surface area (Å²) in [5, 5.41) is 22.0. The molecule has 0 radical (unpaired) electrons. The van der Waals surface area contributed by atoms with Crippen molar-refractivity contribution in [3.63, 3.8) is 0 Å². The van der Waals surface area contributed by atoms with Gasteiger partial charge in [0, 0.05) is 18.5 Å². The minimum absolute atomic E-state index is 0.123.